The summed E-state index contributed by atoms with van der Waals surface area (Å²) < 4.78 is 15.2. The third-order valence-electron chi connectivity index (χ3n) is 4.03. The minimum atomic E-state index is -0.312. The summed E-state index contributed by atoms with van der Waals surface area (Å²) in [6.45, 7) is 3.63. The van der Waals surface area contributed by atoms with E-state index in [1.54, 1.807) is 13.2 Å². The molecule has 1 atom stereocenters. The van der Waals surface area contributed by atoms with Crippen LogP contribution < -0.4 is 0 Å². The van der Waals surface area contributed by atoms with Gasteiger partial charge in [0.2, 0.25) is 0 Å². The maximum atomic E-state index is 12.5. The molecule has 2 aromatic heterocycles. The Morgan fingerprint density at radius 3 is 3.14 bits per heavy atom. The molecule has 0 bridgehead atoms. The molecule has 22 heavy (non-hydrogen) atoms. The van der Waals surface area contributed by atoms with Gasteiger partial charge in [0, 0.05) is 25.6 Å². The zero-order valence-electron chi connectivity index (χ0n) is 12.7. The molecule has 2 aromatic rings. The number of rotatable bonds is 4. The van der Waals surface area contributed by atoms with Crippen LogP contribution in [-0.2, 0) is 16.8 Å². The Kier molecular flexibility index (Phi) is 3.98. The smallest absolute Gasteiger partial charge is 0.257 e. The fourth-order valence-corrected chi connectivity index (χ4v) is 2.85. The lowest BCUT2D eigenvalue weighted by atomic mass is 9.81. The standard InChI is InChI=1S/C15H19N3O4/c1-15(14-16-12(9-20-2)22-17-14)5-3-6-18(10-15)13(19)11-4-7-21-8-11/h4,7-8H,3,5-6,9-10H2,1-2H3. The van der Waals surface area contributed by atoms with Crippen LogP contribution in [0, 0.1) is 0 Å². The molecule has 0 saturated carbocycles. The van der Waals surface area contributed by atoms with E-state index in [0.717, 1.165) is 19.4 Å². The van der Waals surface area contributed by atoms with Gasteiger partial charge in [0.05, 0.1) is 11.8 Å². The summed E-state index contributed by atoms with van der Waals surface area (Å²) in [7, 11) is 1.58. The predicted molar refractivity (Wildman–Crippen MR) is 76.2 cm³/mol. The van der Waals surface area contributed by atoms with Crippen LogP contribution in [0.1, 0.15) is 41.8 Å². The van der Waals surface area contributed by atoms with Crippen LogP contribution in [0.5, 0.6) is 0 Å². The van der Waals surface area contributed by atoms with Crippen molar-refractivity contribution in [3.05, 3.63) is 35.9 Å². The number of hydrogen-bond acceptors (Lipinski definition) is 6. The molecule has 118 valence electrons. The first-order chi connectivity index (χ1) is 10.6. The van der Waals surface area contributed by atoms with Crippen LogP contribution in [0.25, 0.3) is 0 Å². The average molecular weight is 305 g/mol. The summed E-state index contributed by atoms with van der Waals surface area (Å²) >= 11 is 0. The Bertz CT molecular complexity index is 637. The minimum absolute atomic E-state index is 0.0275. The number of piperidine rings is 1. The Hall–Kier alpha value is -2.15. The molecule has 0 N–H and O–H groups in total. The van der Waals surface area contributed by atoms with Crippen molar-refractivity contribution >= 4 is 5.91 Å². The predicted octanol–water partition coefficient (Wildman–Crippen LogP) is 2.00. The van der Waals surface area contributed by atoms with Crippen molar-refractivity contribution in [2.75, 3.05) is 20.2 Å². The zero-order valence-corrected chi connectivity index (χ0v) is 12.7. The van der Waals surface area contributed by atoms with E-state index in [1.807, 2.05) is 4.90 Å². The number of furan rings is 1. The molecule has 1 amide bonds. The first-order valence-corrected chi connectivity index (χ1v) is 7.26. The molecule has 1 fully saturated rings. The molecule has 7 nitrogen and oxygen atoms in total. The number of amides is 1. The van der Waals surface area contributed by atoms with E-state index in [-0.39, 0.29) is 11.3 Å². The molecule has 7 heteroatoms. The van der Waals surface area contributed by atoms with Gasteiger partial charge in [-0.15, -0.1) is 0 Å². The van der Waals surface area contributed by atoms with Crippen molar-refractivity contribution in [2.45, 2.75) is 31.8 Å². The van der Waals surface area contributed by atoms with Crippen LogP contribution in [0.4, 0.5) is 0 Å². The van der Waals surface area contributed by atoms with Crippen molar-refractivity contribution in [3.8, 4) is 0 Å². The van der Waals surface area contributed by atoms with Gasteiger partial charge in [-0.2, -0.15) is 4.98 Å². The summed E-state index contributed by atoms with van der Waals surface area (Å²) in [5.74, 6) is 1.06. The summed E-state index contributed by atoms with van der Waals surface area (Å²) in [5.41, 5.74) is 0.255. The second kappa shape index (κ2) is 5.92. The second-order valence-corrected chi connectivity index (χ2v) is 5.85. The van der Waals surface area contributed by atoms with E-state index in [2.05, 4.69) is 17.1 Å². The van der Waals surface area contributed by atoms with Crippen LogP contribution in [0.15, 0.2) is 27.5 Å². The summed E-state index contributed by atoms with van der Waals surface area (Å²) in [6, 6.07) is 1.68. The van der Waals surface area contributed by atoms with E-state index in [9.17, 15) is 4.79 Å². The van der Waals surface area contributed by atoms with Crippen LogP contribution in [0.3, 0.4) is 0 Å². The second-order valence-electron chi connectivity index (χ2n) is 5.85. The summed E-state index contributed by atoms with van der Waals surface area (Å²) in [5, 5.41) is 4.06. The van der Waals surface area contributed by atoms with Gasteiger partial charge >= 0.3 is 0 Å². The molecular weight excluding hydrogens is 286 g/mol. The highest BCUT2D eigenvalue weighted by Crippen LogP contribution is 2.32. The highest BCUT2D eigenvalue weighted by atomic mass is 16.5. The highest BCUT2D eigenvalue weighted by Gasteiger charge is 2.38. The number of hydrogen-bond donors (Lipinski definition) is 0. The van der Waals surface area contributed by atoms with Gasteiger partial charge in [-0.25, -0.2) is 0 Å². The van der Waals surface area contributed by atoms with Gasteiger partial charge in [0.25, 0.3) is 11.8 Å². The minimum Gasteiger partial charge on any atom is -0.472 e. The maximum Gasteiger partial charge on any atom is 0.257 e. The summed E-state index contributed by atoms with van der Waals surface area (Å²) in [4.78, 5) is 18.7. The van der Waals surface area contributed by atoms with Crippen LogP contribution >= 0.6 is 0 Å². The number of methoxy groups -OCH3 is 1. The Balaban J connectivity index is 1.77. The first kappa shape index (κ1) is 14.8. The Morgan fingerprint density at radius 2 is 2.41 bits per heavy atom. The van der Waals surface area contributed by atoms with Gasteiger partial charge in [0.15, 0.2) is 5.82 Å². The van der Waals surface area contributed by atoms with Gasteiger partial charge in [-0.3, -0.25) is 4.79 Å². The molecule has 0 radical (unpaired) electrons. The van der Waals surface area contributed by atoms with Crippen LogP contribution in [0.2, 0.25) is 0 Å². The van der Waals surface area contributed by atoms with Gasteiger partial charge in [-0.1, -0.05) is 12.1 Å². The third-order valence-corrected chi connectivity index (χ3v) is 4.03. The normalized spacial score (nSPS) is 22.0. The number of carbonyl (C=O) groups is 1. The van der Waals surface area contributed by atoms with Crippen molar-refractivity contribution in [1.82, 2.24) is 15.0 Å². The SMILES string of the molecule is COCc1nc(C2(C)CCCN(C(=O)c3ccoc3)C2)no1. The number of likely N-dealkylation sites (tertiary alicyclic amines) is 1. The van der Waals surface area contributed by atoms with Crippen molar-refractivity contribution in [3.63, 3.8) is 0 Å². The molecule has 1 aliphatic rings. The molecule has 3 heterocycles. The topological polar surface area (TPSA) is 81.6 Å². The molecule has 0 aromatic carbocycles. The van der Waals surface area contributed by atoms with E-state index in [0.29, 0.717) is 30.4 Å². The number of nitrogens with zero attached hydrogens (tertiary/aromatic N) is 3. The Morgan fingerprint density at radius 1 is 1.55 bits per heavy atom. The molecule has 0 aliphatic carbocycles. The fourth-order valence-electron chi connectivity index (χ4n) is 2.85. The lowest BCUT2D eigenvalue weighted by molar-refractivity contribution is 0.0641. The van der Waals surface area contributed by atoms with Crippen LogP contribution in [-0.4, -0.2) is 41.1 Å². The fraction of sp³-hybridized carbons (Fsp3) is 0.533. The number of ether oxygens (including phenoxy) is 1. The molecular formula is C15H19N3O4. The summed E-state index contributed by atoms with van der Waals surface area (Å²) in [6.07, 6.45) is 4.79. The van der Waals surface area contributed by atoms with Crippen molar-refractivity contribution < 1.29 is 18.5 Å². The van der Waals surface area contributed by atoms with E-state index in [1.165, 1.54) is 12.5 Å². The third kappa shape index (κ3) is 2.76. The number of aromatic nitrogens is 2. The molecule has 3 rings (SSSR count). The van der Waals surface area contributed by atoms with Gasteiger partial charge < -0.3 is 18.6 Å². The van der Waals surface area contributed by atoms with Crippen molar-refractivity contribution in [2.24, 2.45) is 0 Å². The number of carbonyl (C=O) groups excluding carboxylic acids is 1. The zero-order chi connectivity index (χ0) is 15.6. The van der Waals surface area contributed by atoms with E-state index < -0.39 is 0 Å². The quantitative estimate of drug-likeness (QED) is 0.859. The monoisotopic (exact) mass is 305 g/mol. The molecule has 1 unspecified atom stereocenters. The molecule has 0 spiro atoms. The van der Waals surface area contributed by atoms with Crippen molar-refractivity contribution in [1.29, 1.82) is 0 Å². The van der Waals surface area contributed by atoms with Gasteiger partial charge in [0.1, 0.15) is 12.9 Å². The molecule has 1 aliphatic heterocycles. The van der Waals surface area contributed by atoms with E-state index in [4.69, 9.17) is 13.7 Å². The highest BCUT2D eigenvalue weighted by molar-refractivity contribution is 5.93. The average Bonchev–Trinajstić information content (AvgIpc) is 3.18. The molecule has 1 saturated heterocycles. The lowest BCUT2D eigenvalue weighted by Gasteiger charge is -2.38. The lowest BCUT2D eigenvalue weighted by Crippen LogP contribution is -2.47. The maximum absolute atomic E-state index is 12.5. The Labute approximate surface area is 128 Å². The first-order valence-electron chi connectivity index (χ1n) is 7.26. The van der Waals surface area contributed by atoms with E-state index >= 15 is 0 Å². The largest absolute Gasteiger partial charge is 0.472 e. The van der Waals surface area contributed by atoms with Gasteiger partial charge in [-0.05, 0) is 18.9 Å².